The zero-order chi connectivity index (χ0) is 13.7. The number of nitrogens with zero attached hydrogens (tertiary/aromatic N) is 1. The predicted molar refractivity (Wildman–Crippen MR) is 76.2 cm³/mol. The molecule has 0 aliphatic carbocycles. The van der Waals surface area contributed by atoms with Crippen molar-refractivity contribution in [2.24, 2.45) is 0 Å². The monoisotopic (exact) mass is 278 g/mol. The predicted octanol–water partition coefficient (Wildman–Crippen LogP) is 2.04. The van der Waals surface area contributed by atoms with Crippen molar-refractivity contribution in [3.63, 3.8) is 0 Å². The van der Waals surface area contributed by atoms with Crippen molar-refractivity contribution in [1.82, 2.24) is 10.2 Å². The third-order valence-corrected chi connectivity index (χ3v) is 4.08. The van der Waals surface area contributed by atoms with Gasteiger partial charge in [0.05, 0.1) is 4.88 Å². The van der Waals surface area contributed by atoms with Crippen LogP contribution in [0.25, 0.3) is 0 Å². The van der Waals surface area contributed by atoms with Crippen LogP contribution in [-0.4, -0.2) is 35.8 Å². The molecule has 1 unspecified atom stereocenters. The van der Waals surface area contributed by atoms with Crippen LogP contribution in [-0.2, 0) is 4.79 Å². The molecule has 1 aromatic rings. The van der Waals surface area contributed by atoms with Gasteiger partial charge in [0, 0.05) is 13.1 Å². The number of hydrogen-bond donors (Lipinski definition) is 1. The van der Waals surface area contributed by atoms with Gasteiger partial charge in [-0.3, -0.25) is 9.59 Å². The number of rotatable bonds is 4. The van der Waals surface area contributed by atoms with E-state index in [2.05, 4.69) is 11.9 Å². The first kappa shape index (κ1) is 13.8. The van der Waals surface area contributed by atoms with Crippen LogP contribution in [0.1, 0.15) is 28.9 Å². The minimum absolute atomic E-state index is 0.0338. The SMILES string of the molecule is C=CCNC(=O)C1CCCCN1C(=O)c1cccs1. The van der Waals surface area contributed by atoms with Crippen molar-refractivity contribution in [1.29, 1.82) is 0 Å². The van der Waals surface area contributed by atoms with Gasteiger partial charge in [-0.25, -0.2) is 0 Å². The Morgan fingerprint density at radius 3 is 3.05 bits per heavy atom. The molecule has 2 rings (SSSR count). The van der Waals surface area contributed by atoms with E-state index in [0.29, 0.717) is 18.0 Å². The third kappa shape index (κ3) is 3.23. The van der Waals surface area contributed by atoms with Gasteiger partial charge in [0.15, 0.2) is 0 Å². The molecule has 1 saturated heterocycles. The molecule has 5 heteroatoms. The second kappa shape index (κ2) is 6.52. The average Bonchev–Trinajstić information content (AvgIpc) is 2.98. The molecule has 1 fully saturated rings. The van der Waals surface area contributed by atoms with E-state index in [1.807, 2.05) is 11.4 Å². The maximum atomic E-state index is 12.4. The molecule has 0 bridgehead atoms. The molecule has 4 nitrogen and oxygen atoms in total. The van der Waals surface area contributed by atoms with E-state index >= 15 is 0 Å². The Bertz CT molecular complexity index is 456. The summed E-state index contributed by atoms with van der Waals surface area (Å²) in [6.07, 6.45) is 4.33. The first-order chi connectivity index (χ1) is 9.24. The van der Waals surface area contributed by atoms with Gasteiger partial charge in [0.2, 0.25) is 5.91 Å². The van der Waals surface area contributed by atoms with Crippen molar-refractivity contribution >= 4 is 23.2 Å². The van der Waals surface area contributed by atoms with Crippen LogP contribution in [0, 0.1) is 0 Å². The number of carbonyl (C=O) groups is 2. The van der Waals surface area contributed by atoms with Crippen molar-refractivity contribution in [3.05, 3.63) is 35.0 Å². The Hall–Kier alpha value is -1.62. The molecular formula is C14H18N2O2S. The number of hydrogen-bond acceptors (Lipinski definition) is 3. The van der Waals surface area contributed by atoms with E-state index in [4.69, 9.17) is 0 Å². The molecule has 1 aliphatic heterocycles. The van der Waals surface area contributed by atoms with Crippen molar-refractivity contribution in [3.8, 4) is 0 Å². The second-order valence-electron chi connectivity index (χ2n) is 4.52. The van der Waals surface area contributed by atoms with Crippen LogP contribution in [0.2, 0.25) is 0 Å². The summed E-state index contributed by atoms with van der Waals surface area (Å²) >= 11 is 1.42. The topological polar surface area (TPSA) is 49.4 Å². The standard InChI is InChI=1S/C14H18N2O2S/c1-2-8-15-13(17)11-6-3-4-9-16(11)14(18)12-7-5-10-19-12/h2,5,7,10-11H,1,3-4,6,8-9H2,(H,15,17). The molecule has 0 saturated carbocycles. The minimum Gasteiger partial charge on any atom is -0.351 e. The fourth-order valence-corrected chi connectivity index (χ4v) is 2.96. The van der Waals surface area contributed by atoms with Gasteiger partial charge < -0.3 is 10.2 Å². The fourth-order valence-electron chi connectivity index (χ4n) is 2.28. The lowest BCUT2D eigenvalue weighted by Crippen LogP contribution is -2.51. The molecule has 19 heavy (non-hydrogen) atoms. The number of thiophene rings is 1. The van der Waals surface area contributed by atoms with Crippen molar-refractivity contribution < 1.29 is 9.59 Å². The van der Waals surface area contributed by atoms with Crippen LogP contribution in [0.15, 0.2) is 30.2 Å². The largest absolute Gasteiger partial charge is 0.351 e. The highest BCUT2D eigenvalue weighted by Gasteiger charge is 2.32. The Morgan fingerprint density at radius 1 is 1.53 bits per heavy atom. The molecule has 1 aliphatic rings. The minimum atomic E-state index is -0.344. The molecule has 1 aromatic heterocycles. The zero-order valence-corrected chi connectivity index (χ0v) is 11.6. The van der Waals surface area contributed by atoms with E-state index < -0.39 is 0 Å². The lowest BCUT2D eigenvalue weighted by Gasteiger charge is -2.34. The summed E-state index contributed by atoms with van der Waals surface area (Å²) in [6, 6.07) is 3.32. The van der Waals surface area contributed by atoms with Crippen molar-refractivity contribution in [2.75, 3.05) is 13.1 Å². The van der Waals surface area contributed by atoms with E-state index in [9.17, 15) is 9.59 Å². The summed E-state index contributed by atoms with van der Waals surface area (Å²) in [6.45, 7) is 4.68. The molecule has 2 amide bonds. The summed E-state index contributed by atoms with van der Waals surface area (Å²) in [5, 5.41) is 4.66. The Kier molecular flexibility index (Phi) is 4.74. The Labute approximate surface area is 117 Å². The average molecular weight is 278 g/mol. The molecule has 0 aromatic carbocycles. The number of nitrogens with one attached hydrogen (secondary N) is 1. The van der Waals surface area contributed by atoms with E-state index in [-0.39, 0.29) is 17.9 Å². The Balaban J connectivity index is 2.09. The lowest BCUT2D eigenvalue weighted by atomic mass is 10.0. The molecule has 0 spiro atoms. The van der Waals surface area contributed by atoms with E-state index in [0.717, 1.165) is 19.3 Å². The van der Waals surface area contributed by atoms with Gasteiger partial charge in [-0.1, -0.05) is 12.1 Å². The van der Waals surface area contributed by atoms with Crippen LogP contribution >= 0.6 is 11.3 Å². The normalized spacial score (nSPS) is 18.9. The maximum absolute atomic E-state index is 12.4. The quantitative estimate of drug-likeness (QED) is 0.857. The second-order valence-corrected chi connectivity index (χ2v) is 5.47. The molecule has 1 N–H and O–H groups in total. The van der Waals surface area contributed by atoms with Gasteiger partial charge in [0.25, 0.3) is 5.91 Å². The number of piperidine rings is 1. The summed E-state index contributed by atoms with van der Waals surface area (Å²) in [4.78, 5) is 26.9. The summed E-state index contributed by atoms with van der Waals surface area (Å²) < 4.78 is 0. The lowest BCUT2D eigenvalue weighted by molar-refractivity contribution is -0.126. The molecule has 2 heterocycles. The van der Waals surface area contributed by atoms with Gasteiger partial charge in [0.1, 0.15) is 6.04 Å². The molecular weight excluding hydrogens is 260 g/mol. The van der Waals surface area contributed by atoms with E-state index in [1.54, 1.807) is 17.0 Å². The first-order valence-corrected chi connectivity index (χ1v) is 7.35. The maximum Gasteiger partial charge on any atom is 0.264 e. The fraction of sp³-hybridized carbons (Fsp3) is 0.429. The van der Waals surface area contributed by atoms with Crippen LogP contribution < -0.4 is 5.32 Å². The third-order valence-electron chi connectivity index (χ3n) is 3.22. The smallest absolute Gasteiger partial charge is 0.264 e. The number of carbonyl (C=O) groups excluding carboxylic acids is 2. The van der Waals surface area contributed by atoms with Gasteiger partial charge >= 0.3 is 0 Å². The molecule has 0 radical (unpaired) electrons. The van der Waals surface area contributed by atoms with Gasteiger partial charge in [-0.15, -0.1) is 17.9 Å². The highest BCUT2D eigenvalue weighted by Crippen LogP contribution is 2.21. The van der Waals surface area contributed by atoms with E-state index in [1.165, 1.54) is 11.3 Å². The zero-order valence-electron chi connectivity index (χ0n) is 10.8. The summed E-state index contributed by atoms with van der Waals surface area (Å²) in [7, 11) is 0. The van der Waals surface area contributed by atoms with Gasteiger partial charge in [-0.05, 0) is 30.7 Å². The molecule has 102 valence electrons. The highest BCUT2D eigenvalue weighted by molar-refractivity contribution is 7.12. The highest BCUT2D eigenvalue weighted by atomic mass is 32.1. The summed E-state index contributed by atoms with van der Waals surface area (Å²) in [5.74, 6) is -0.113. The van der Waals surface area contributed by atoms with Crippen LogP contribution in [0.3, 0.4) is 0 Å². The number of likely N-dealkylation sites (tertiary alicyclic amines) is 1. The molecule has 1 atom stereocenters. The van der Waals surface area contributed by atoms with Crippen LogP contribution in [0.5, 0.6) is 0 Å². The first-order valence-electron chi connectivity index (χ1n) is 6.47. The van der Waals surface area contributed by atoms with Crippen LogP contribution in [0.4, 0.5) is 0 Å². The van der Waals surface area contributed by atoms with Crippen molar-refractivity contribution in [2.45, 2.75) is 25.3 Å². The summed E-state index contributed by atoms with van der Waals surface area (Å²) in [5.41, 5.74) is 0. The van der Waals surface area contributed by atoms with Gasteiger partial charge in [-0.2, -0.15) is 0 Å². The number of amides is 2. The Morgan fingerprint density at radius 2 is 2.37 bits per heavy atom.